The fraction of sp³-hybridized carbons (Fsp3) is 0.643. The molecule has 2 rings (SSSR count). The molecule has 0 aromatic carbocycles. The van der Waals surface area contributed by atoms with Gasteiger partial charge in [-0.3, -0.25) is 10.1 Å². The van der Waals surface area contributed by atoms with Gasteiger partial charge in [0.15, 0.2) is 0 Å². The van der Waals surface area contributed by atoms with Crippen LogP contribution in [0.15, 0.2) is 12.3 Å². The van der Waals surface area contributed by atoms with Crippen molar-refractivity contribution >= 4 is 11.5 Å². The Kier molecular flexibility index (Phi) is 4.89. The van der Waals surface area contributed by atoms with Crippen LogP contribution in [0.5, 0.6) is 0 Å². The predicted molar refractivity (Wildman–Crippen MR) is 76.7 cm³/mol. The summed E-state index contributed by atoms with van der Waals surface area (Å²) in [5.74, 6) is 1.50. The molecule has 6 nitrogen and oxygen atoms in total. The summed E-state index contributed by atoms with van der Waals surface area (Å²) >= 11 is 0. The average molecular weight is 279 g/mol. The van der Waals surface area contributed by atoms with Crippen molar-refractivity contribution in [2.45, 2.75) is 32.6 Å². The average Bonchev–Trinajstić information content (AvgIpc) is 2.46. The predicted octanol–water partition coefficient (Wildman–Crippen LogP) is 2.51. The van der Waals surface area contributed by atoms with E-state index in [4.69, 9.17) is 0 Å². The minimum atomic E-state index is -0.438. The Labute approximate surface area is 118 Å². The van der Waals surface area contributed by atoms with E-state index < -0.39 is 4.92 Å². The molecular weight excluding hydrogens is 258 g/mol. The van der Waals surface area contributed by atoms with Crippen molar-refractivity contribution in [3.05, 3.63) is 27.9 Å². The normalized spacial score (nSPS) is 22.5. The summed E-state index contributed by atoms with van der Waals surface area (Å²) in [7, 11) is 0. The quantitative estimate of drug-likeness (QED) is 0.638. The van der Waals surface area contributed by atoms with Crippen LogP contribution in [0.3, 0.4) is 0 Å². The molecule has 2 N–H and O–H groups in total. The summed E-state index contributed by atoms with van der Waals surface area (Å²) in [6.07, 6.45) is 5.87. The van der Waals surface area contributed by atoms with E-state index in [1.165, 1.54) is 25.1 Å². The van der Waals surface area contributed by atoms with Crippen molar-refractivity contribution in [2.24, 2.45) is 11.8 Å². The van der Waals surface area contributed by atoms with Gasteiger partial charge >= 0.3 is 0 Å². The molecule has 1 fully saturated rings. The second kappa shape index (κ2) is 6.65. The van der Waals surface area contributed by atoms with Crippen molar-refractivity contribution in [1.82, 2.24) is 4.98 Å². The molecule has 0 spiro atoms. The SMILES string of the molecule is Cc1cc([N+](=O)[O-])cnc1NCC1CCCCC1CO. The highest BCUT2D eigenvalue weighted by Gasteiger charge is 2.24. The highest BCUT2D eigenvalue weighted by atomic mass is 16.6. The van der Waals surface area contributed by atoms with Crippen LogP contribution in [0.2, 0.25) is 0 Å². The Hall–Kier alpha value is -1.69. The Morgan fingerprint density at radius 2 is 2.15 bits per heavy atom. The Morgan fingerprint density at radius 3 is 2.75 bits per heavy atom. The first kappa shape index (κ1) is 14.7. The van der Waals surface area contributed by atoms with Crippen LogP contribution in [0.1, 0.15) is 31.2 Å². The van der Waals surface area contributed by atoms with Crippen molar-refractivity contribution in [2.75, 3.05) is 18.5 Å². The van der Waals surface area contributed by atoms with Crippen LogP contribution < -0.4 is 5.32 Å². The summed E-state index contributed by atoms with van der Waals surface area (Å²) in [5, 5.41) is 23.3. The lowest BCUT2D eigenvalue weighted by molar-refractivity contribution is -0.385. The maximum Gasteiger partial charge on any atom is 0.287 e. The summed E-state index contributed by atoms with van der Waals surface area (Å²) in [5.41, 5.74) is 0.787. The zero-order chi connectivity index (χ0) is 14.5. The molecule has 2 atom stereocenters. The van der Waals surface area contributed by atoms with Gasteiger partial charge in [-0.15, -0.1) is 0 Å². The molecule has 0 aliphatic heterocycles. The summed E-state index contributed by atoms with van der Waals surface area (Å²) < 4.78 is 0. The van der Waals surface area contributed by atoms with E-state index >= 15 is 0 Å². The standard InChI is InChI=1S/C14H21N3O3/c1-10-6-13(17(19)20)8-16-14(10)15-7-11-4-2-3-5-12(11)9-18/h6,8,11-12,18H,2-5,7,9H2,1H3,(H,15,16). The Bertz CT molecular complexity index is 479. The molecule has 0 radical (unpaired) electrons. The Morgan fingerprint density at radius 1 is 1.45 bits per heavy atom. The molecule has 1 saturated carbocycles. The smallest absolute Gasteiger partial charge is 0.287 e. The molecule has 0 bridgehead atoms. The number of nitrogens with zero attached hydrogens (tertiary/aromatic N) is 2. The zero-order valence-electron chi connectivity index (χ0n) is 11.7. The number of nitro groups is 1. The van der Waals surface area contributed by atoms with Gasteiger partial charge in [-0.1, -0.05) is 12.8 Å². The number of anilines is 1. The van der Waals surface area contributed by atoms with Crippen LogP contribution in [0.25, 0.3) is 0 Å². The third-order valence-electron chi connectivity index (χ3n) is 4.11. The van der Waals surface area contributed by atoms with Crippen molar-refractivity contribution in [1.29, 1.82) is 0 Å². The topological polar surface area (TPSA) is 88.3 Å². The monoisotopic (exact) mass is 279 g/mol. The van der Waals surface area contributed by atoms with Crippen LogP contribution >= 0.6 is 0 Å². The largest absolute Gasteiger partial charge is 0.396 e. The number of rotatable bonds is 5. The maximum absolute atomic E-state index is 10.7. The number of nitrogens with one attached hydrogen (secondary N) is 1. The molecule has 6 heteroatoms. The van der Waals surface area contributed by atoms with E-state index in [1.54, 1.807) is 0 Å². The molecule has 2 unspecified atom stereocenters. The number of hydrogen-bond acceptors (Lipinski definition) is 5. The van der Waals surface area contributed by atoms with E-state index in [9.17, 15) is 15.2 Å². The molecule has 1 heterocycles. The zero-order valence-corrected chi connectivity index (χ0v) is 11.7. The van der Waals surface area contributed by atoms with E-state index in [1.807, 2.05) is 6.92 Å². The Balaban J connectivity index is 1.98. The molecule has 1 aliphatic rings. The van der Waals surface area contributed by atoms with E-state index in [2.05, 4.69) is 10.3 Å². The lowest BCUT2D eigenvalue weighted by atomic mass is 9.79. The summed E-state index contributed by atoms with van der Waals surface area (Å²) in [6.45, 7) is 2.81. The van der Waals surface area contributed by atoms with Crippen molar-refractivity contribution in [3.63, 3.8) is 0 Å². The number of aliphatic hydroxyl groups is 1. The van der Waals surface area contributed by atoms with Gasteiger partial charge in [-0.25, -0.2) is 4.98 Å². The number of aromatic nitrogens is 1. The number of aliphatic hydroxyl groups excluding tert-OH is 1. The second-order valence-electron chi connectivity index (χ2n) is 5.48. The molecule has 110 valence electrons. The van der Waals surface area contributed by atoms with Gasteiger partial charge < -0.3 is 10.4 Å². The van der Waals surface area contributed by atoms with Crippen LogP contribution in [-0.2, 0) is 0 Å². The molecule has 0 amide bonds. The van der Waals surface area contributed by atoms with Gasteiger partial charge in [0.05, 0.1) is 4.92 Å². The van der Waals surface area contributed by atoms with Gasteiger partial charge in [-0.05, 0) is 37.2 Å². The first-order chi connectivity index (χ1) is 9.61. The van der Waals surface area contributed by atoms with Crippen molar-refractivity contribution in [3.8, 4) is 0 Å². The summed E-state index contributed by atoms with van der Waals surface area (Å²) in [6, 6.07) is 1.53. The van der Waals surface area contributed by atoms with Gasteiger partial charge in [0.25, 0.3) is 5.69 Å². The van der Waals surface area contributed by atoms with Gasteiger partial charge in [-0.2, -0.15) is 0 Å². The molecule has 20 heavy (non-hydrogen) atoms. The van der Waals surface area contributed by atoms with Gasteiger partial charge in [0.2, 0.25) is 0 Å². The lowest BCUT2D eigenvalue weighted by Crippen LogP contribution is -2.29. The maximum atomic E-state index is 10.7. The summed E-state index contributed by atoms with van der Waals surface area (Å²) in [4.78, 5) is 14.4. The third-order valence-corrected chi connectivity index (χ3v) is 4.11. The minimum absolute atomic E-state index is 0.0129. The minimum Gasteiger partial charge on any atom is -0.396 e. The van der Waals surface area contributed by atoms with Gasteiger partial charge in [0, 0.05) is 19.2 Å². The van der Waals surface area contributed by atoms with Crippen molar-refractivity contribution < 1.29 is 10.0 Å². The van der Waals surface area contributed by atoms with E-state index in [0.29, 0.717) is 17.7 Å². The second-order valence-corrected chi connectivity index (χ2v) is 5.48. The molecule has 1 aromatic rings. The molecule has 0 saturated heterocycles. The number of pyridine rings is 1. The lowest BCUT2D eigenvalue weighted by Gasteiger charge is -2.30. The highest BCUT2D eigenvalue weighted by molar-refractivity contribution is 5.48. The molecular formula is C14H21N3O3. The van der Waals surface area contributed by atoms with Gasteiger partial charge in [0.1, 0.15) is 12.0 Å². The third kappa shape index (κ3) is 3.45. The first-order valence-corrected chi connectivity index (χ1v) is 7.07. The van der Waals surface area contributed by atoms with Crippen LogP contribution in [-0.4, -0.2) is 28.2 Å². The highest BCUT2D eigenvalue weighted by Crippen LogP contribution is 2.30. The van der Waals surface area contributed by atoms with Crippen LogP contribution in [0.4, 0.5) is 11.5 Å². The van der Waals surface area contributed by atoms with E-state index in [0.717, 1.165) is 24.9 Å². The van der Waals surface area contributed by atoms with E-state index in [-0.39, 0.29) is 12.3 Å². The van der Waals surface area contributed by atoms with Crippen LogP contribution in [0, 0.1) is 28.9 Å². The molecule has 1 aromatic heterocycles. The fourth-order valence-electron chi connectivity index (χ4n) is 2.87. The first-order valence-electron chi connectivity index (χ1n) is 7.07. The fourth-order valence-corrected chi connectivity index (χ4v) is 2.87. The molecule has 1 aliphatic carbocycles. The number of aryl methyl sites for hydroxylation is 1. The number of hydrogen-bond donors (Lipinski definition) is 2.